The highest BCUT2D eigenvalue weighted by atomic mass is 16.5. The van der Waals surface area contributed by atoms with Gasteiger partial charge in [-0.05, 0) is 19.1 Å². The van der Waals surface area contributed by atoms with Crippen LogP contribution < -0.4 is 4.74 Å². The Labute approximate surface area is 112 Å². The van der Waals surface area contributed by atoms with Gasteiger partial charge in [-0.2, -0.15) is 9.50 Å². The normalized spacial score (nSPS) is 10.9. The first kappa shape index (κ1) is 12.2. The number of rotatable bonds is 3. The first-order valence-corrected chi connectivity index (χ1v) is 5.70. The van der Waals surface area contributed by atoms with Crippen LogP contribution in [0.2, 0.25) is 0 Å². The molecule has 0 aliphatic heterocycles. The summed E-state index contributed by atoms with van der Waals surface area (Å²) in [6, 6.07) is 4.91. The van der Waals surface area contributed by atoms with E-state index in [0.29, 0.717) is 17.2 Å². The number of nitrogens with zero attached hydrogens (tertiary/aromatic N) is 4. The van der Waals surface area contributed by atoms with Crippen molar-refractivity contribution in [2.24, 2.45) is 0 Å². The Morgan fingerprint density at radius 2 is 2.20 bits per heavy atom. The van der Waals surface area contributed by atoms with Crippen molar-refractivity contribution in [3.63, 3.8) is 0 Å². The van der Waals surface area contributed by atoms with Gasteiger partial charge in [-0.25, -0.2) is 9.78 Å². The van der Waals surface area contributed by atoms with E-state index in [9.17, 15) is 9.90 Å². The number of furan rings is 1. The van der Waals surface area contributed by atoms with E-state index in [-0.39, 0.29) is 17.5 Å². The number of hydrogen-bond donors (Lipinski definition) is 1. The molecule has 0 aliphatic rings. The Morgan fingerprint density at radius 1 is 1.40 bits per heavy atom. The fourth-order valence-electron chi connectivity index (χ4n) is 1.79. The average molecular weight is 274 g/mol. The van der Waals surface area contributed by atoms with Gasteiger partial charge >= 0.3 is 12.0 Å². The third-order valence-corrected chi connectivity index (χ3v) is 2.69. The van der Waals surface area contributed by atoms with Crippen molar-refractivity contribution in [3.05, 3.63) is 29.7 Å². The SMILES string of the molecule is COc1nc2nc(-c3ccc(C)o3)cc(C(=O)O)n2n1. The molecule has 3 heterocycles. The van der Waals surface area contributed by atoms with Crippen molar-refractivity contribution in [1.29, 1.82) is 0 Å². The zero-order chi connectivity index (χ0) is 14.3. The third-order valence-electron chi connectivity index (χ3n) is 2.69. The van der Waals surface area contributed by atoms with E-state index in [1.807, 2.05) is 0 Å². The maximum atomic E-state index is 11.3. The van der Waals surface area contributed by atoms with Gasteiger partial charge in [0, 0.05) is 6.07 Å². The molecule has 0 unspecified atom stereocenters. The van der Waals surface area contributed by atoms with E-state index in [4.69, 9.17) is 9.15 Å². The number of carboxylic acids is 1. The van der Waals surface area contributed by atoms with Crippen LogP contribution in [0, 0.1) is 6.92 Å². The predicted octanol–water partition coefficient (Wildman–Crippen LogP) is 1.40. The Kier molecular flexibility index (Phi) is 2.63. The van der Waals surface area contributed by atoms with E-state index < -0.39 is 5.97 Å². The molecule has 0 saturated heterocycles. The Balaban J connectivity index is 2.27. The van der Waals surface area contributed by atoms with Crippen LogP contribution in [0.1, 0.15) is 16.2 Å². The quantitative estimate of drug-likeness (QED) is 0.769. The lowest BCUT2D eigenvalue weighted by molar-refractivity contribution is 0.0687. The van der Waals surface area contributed by atoms with Gasteiger partial charge in [-0.3, -0.25) is 0 Å². The largest absolute Gasteiger partial charge is 0.477 e. The monoisotopic (exact) mass is 274 g/mol. The molecule has 8 heteroatoms. The minimum atomic E-state index is -1.14. The van der Waals surface area contributed by atoms with Gasteiger partial charge in [-0.15, -0.1) is 5.10 Å². The van der Waals surface area contributed by atoms with Gasteiger partial charge in [-0.1, -0.05) is 0 Å². The maximum absolute atomic E-state index is 11.3. The lowest BCUT2D eigenvalue weighted by Gasteiger charge is -2.01. The van der Waals surface area contributed by atoms with Crippen LogP contribution in [0.25, 0.3) is 17.2 Å². The number of carbonyl (C=O) groups is 1. The van der Waals surface area contributed by atoms with Crippen molar-refractivity contribution in [2.45, 2.75) is 6.92 Å². The number of carboxylic acid groups (broad SMARTS) is 1. The van der Waals surface area contributed by atoms with Crippen molar-refractivity contribution in [1.82, 2.24) is 19.6 Å². The molecule has 0 aliphatic carbocycles. The lowest BCUT2D eigenvalue weighted by Crippen LogP contribution is -2.08. The molecule has 102 valence electrons. The third kappa shape index (κ3) is 1.87. The summed E-state index contributed by atoms with van der Waals surface area (Å²) >= 11 is 0. The zero-order valence-electron chi connectivity index (χ0n) is 10.7. The summed E-state index contributed by atoms with van der Waals surface area (Å²) in [4.78, 5) is 19.5. The molecule has 0 amide bonds. The molecular weight excluding hydrogens is 264 g/mol. The standard InChI is InChI=1S/C12H10N4O4/c1-6-3-4-9(20-6)7-5-8(10(17)18)16-11(13-7)14-12(15-16)19-2/h3-5H,1-2H3,(H,17,18). The molecule has 1 N–H and O–H groups in total. The number of methoxy groups -OCH3 is 1. The van der Waals surface area contributed by atoms with E-state index >= 15 is 0 Å². The smallest absolute Gasteiger partial charge is 0.354 e. The Morgan fingerprint density at radius 3 is 2.80 bits per heavy atom. The van der Waals surface area contributed by atoms with Crippen LogP contribution in [0.4, 0.5) is 0 Å². The van der Waals surface area contributed by atoms with Gasteiger partial charge in [0.1, 0.15) is 11.5 Å². The number of aromatic carboxylic acids is 1. The minimum Gasteiger partial charge on any atom is -0.477 e. The maximum Gasteiger partial charge on any atom is 0.354 e. The van der Waals surface area contributed by atoms with Gasteiger partial charge in [0.2, 0.25) is 0 Å². The lowest BCUT2D eigenvalue weighted by atomic mass is 10.2. The molecule has 0 radical (unpaired) electrons. The van der Waals surface area contributed by atoms with Crippen molar-refractivity contribution < 1.29 is 19.1 Å². The highest BCUT2D eigenvalue weighted by Gasteiger charge is 2.18. The zero-order valence-corrected chi connectivity index (χ0v) is 10.7. The molecule has 3 aromatic rings. The first-order valence-electron chi connectivity index (χ1n) is 5.70. The van der Waals surface area contributed by atoms with Crippen LogP contribution in [0.3, 0.4) is 0 Å². The predicted molar refractivity (Wildman–Crippen MR) is 66.7 cm³/mol. The topological polar surface area (TPSA) is 103 Å². The second kappa shape index (κ2) is 4.34. The molecule has 3 rings (SSSR count). The minimum absolute atomic E-state index is 0.0489. The van der Waals surface area contributed by atoms with E-state index in [0.717, 1.165) is 4.52 Å². The van der Waals surface area contributed by atoms with Crippen LogP contribution >= 0.6 is 0 Å². The molecule has 0 atom stereocenters. The van der Waals surface area contributed by atoms with Gasteiger partial charge < -0.3 is 14.3 Å². The number of aryl methyl sites for hydroxylation is 1. The summed E-state index contributed by atoms with van der Waals surface area (Å²) in [5.41, 5.74) is 0.299. The first-order chi connectivity index (χ1) is 9.58. The Bertz CT molecular complexity index is 805. The highest BCUT2D eigenvalue weighted by molar-refractivity contribution is 5.87. The Hall–Kier alpha value is -2.90. The summed E-state index contributed by atoms with van der Waals surface area (Å²) in [5.74, 6) is 0.160. The van der Waals surface area contributed by atoms with Crippen LogP contribution in [-0.2, 0) is 0 Å². The number of ether oxygens (including phenoxy) is 1. The second-order valence-electron chi connectivity index (χ2n) is 4.05. The summed E-state index contributed by atoms with van der Waals surface area (Å²) in [6.45, 7) is 1.79. The van der Waals surface area contributed by atoms with Gasteiger partial charge in [0.15, 0.2) is 11.5 Å². The van der Waals surface area contributed by atoms with E-state index in [2.05, 4.69) is 15.1 Å². The van der Waals surface area contributed by atoms with Gasteiger partial charge in [0.25, 0.3) is 5.78 Å². The molecule has 8 nitrogen and oxygen atoms in total. The average Bonchev–Trinajstić information content (AvgIpc) is 3.02. The highest BCUT2D eigenvalue weighted by Crippen LogP contribution is 2.22. The molecule has 0 aromatic carbocycles. The molecular formula is C12H10N4O4. The summed E-state index contributed by atoms with van der Waals surface area (Å²) in [7, 11) is 1.39. The summed E-state index contributed by atoms with van der Waals surface area (Å²) < 4.78 is 11.4. The van der Waals surface area contributed by atoms with Crippen LogP contribution in [0.15, 0.2) is 22.6 Å². The number of hydrogen-bond acceptors (Lipinski definition) is 6. The fourth-order valence-corrected chi connectivity index (χ4v) is 1.79. The van der Waals surface area contributed by atoms with Crippen molar-refractivity contribution in [3.8, 4) is 17.5 Å². The van der Waals surface area contributed by atoms with E-state index in [1.54, 1.807) is 19.1 Å². The molecule has 0 bridgehead atoms. The number of fused-ring (bicyclic) bond motifs is 1. The van der Waals surface area contributed by atoms with Crippen molar-refractivity contribution >= 4 is 11.7 Å². The van der Waals surface area contributed by atoms with Crippen LogP contribution in [-0.4, -0.2) is 37.8 Å². The summed E-state index contributed by atoms with van der Waals surface area (Å²) in [6.07, 6.45) is 0. The number of aromatic nitrogens is 4. The summed E-state index contributed by atoms with van der Waals surface area (Å²) in [5, 5.41) is 13.2. The molecule has 0 spiro atoms. The molecule has 20 heavy (non-hydrogen) atoms. The fraction of sp³-hybridized carbons (Fsp3) is 0.167. The second-order valence-corrected chi connectivity index (χ2v) is 4.05. The van der Waals surface area contributed by atoms with Crippen molar-refractivity contribution in [2.75, 3.05) is 7.11 Å². The molecule has 0 saturated carbocycles. The van der Waals surface area contributed by atoms with E-state index in [1.165, 1.54) is 13.2 Å². The molecule has 3 aromatic heterocycles. The van der Waals surface area contributed by atoms with Crippen LogP contribution in [0.5, 0.6) is 6.01 Å². The van der Waals surface area contributed by atoms with Gasteiger partial charge in [0.05, 0.1) is 7.11 Å². The molecule has 0 fully saturated rings.